The number of rotatable bonds is 4. The van der Waals surface area contributed by atoms with Gasteiger partial charge in [-0.05, 0) is 101 Å². The molecule has 1 aliphatic rings. The summed E-state index contributed by atoms with van der Waals surface area (Å²) in [5.74, 6) is -0.0636. The molecule has 0 N–H and O–H groups in total. The number of hydrogen-bond acceptors (Lipinski definition) is 2. The number of nitrogens with zero attached hydrogens (tertiary/aromatic N) is 1. The highest BCUT2D eigenvalue weighted by Crippen LogP contribution is 2.38. The molecular weight excluding hydrogens is 509 g/mol. The molecule has 0 radical (unpaired) electrons. The van der Waals surface area contributed by atoms with Crippen LogP contribution in [0.1, 0.15) is 34.8 Å². The molecule has 1 saturated carbocycles. The number of fused-ring (bicyclic) bond motifs is 1. The van der Waals surface area contributed by atoms with E-state index < -0.39 is 0 Å². The van der Waals surface area contributed by atoms with Gasteiger partial charge in [-0.15, -0.1) is 0 Å². The van der Waals surface area contributed by atoms with E-state index in [4.69, 9.17) is 11.6 Å². The highest BCUT2D eigenvalue weighted by atomic mass is 127. The average molecular weight is 526 g/mol. The number of pyridine rings is 1. The Morgan fingerprint density at radius 1 is 0.933 bits per heavy atom. The van der Waals surface area contributed by atoms with Crippen molar-refractivity contribution >= 4 is 50.9 Å². The van der Waals surface area contributed by atoms with Gasteiger partial charge in [-0.25, -0.2) is 0 Å². The molecule has 1 fully saturated rings. The lowest BCUT2D eigenvalue weighted by Crippen LogP contribution is -2.19. The Labute approximate surface area is 192 Å². The third-order valence-corrected chi connectivity index (χ3v) is 6.39. The van der Waals surface area contributed by atoms with E-state index in [1.165, 1.54) is 0 Å². The normalized spacial score (nSPS) is 13.5. The second-order valence-corrected chi connectivity index (χ2v) is 9.26. The summed E-state index contributed by atoms with van der Waals surface area (Å²) in [6.45, 7) is 0. The van der Waals surface area contributed by atoms with Crippen LogP contribution in [-0.4, -0.2) is 10.4 Å². The molecule has 1 heterocycles. The van der Waals surface area contributed by atoms with Crippen LogP contribution in [0.4, 0.5) is 0 Å². The SMILES string of the molecule is O=C(c1ccc(Cl)cc1)c1ccc2c(c1)c(-c1cccc(I)c1)cc(=O)n2C1CC1. The minimum atomic E-state index is -0.0636. The highest BCUT2D eigenvalue weighted by molar-refractivity contribution is 14.1. The minimum absolute atomic E-state index is 0.00985. The van der Waals surface area contributed by atoms with Crippen molar-refractivity contribution in [3.8, 4) is 11.1 Å². The van der Waals surface area contributed by atoms with E-state index >= 15 is 0 Å². The molecule has 4 aromatic rings. The lowest BCUT2D eigenvalue weighted by Gasteiger charge is -2.15. The molecule has 5 heteroatoms. The van der Waals surface area contributed by atoms with Crippen molar-refractivity contribution in [2.45, 2.75) is 18.9 Å². The lowest BCUT2D eigenvalue weighted by atomic mass is 9.96. The second-order valence-electron chi connectivity index (χ2n) is 7.58. The van der Waals surface area contributed by atoms with Gasteiger partial charge < -0.3 is 4.57 Å². The molecule has 0 spiro atoms. The van der Waals surface area contributed by atoms with Gasteiger partial charge in [0.05, 0.1) is 5.52 Å². The third kappa shape index (κ3) is 3.59. The van der Waals surface area contributed by atoms with Crippen molar-refractivity contribution in [2.75, 3.05) is 0 Å². The number of halogens is 2. The molecule has 1 aliphatic carbocycles. The van der Waals surface area contributed by atoms with E-state index in [0.717, 1.165) is 38.4 Å². The Bertz CT molecular complexity index is 1350. The van der Waals surface area contributed by atoms with E-state index in [-0.39, 0.29) is 17.4 Å². The Balaban J connectivity index is 1.74. The van der Waals surface area contributed by atoms with Gasteiger partial charge in [0.25, 0.3) is 5.56 Å². The minimum Gasteiger partial charge on any atom is -0.305 e. The lowest BCUT2D eigenvalue weighted by molar-refractivity contribution is 0.103. The van der Waals surface area contributed by atoms with Gasteiger partial charge in [0.2, 0.25) is 0 Å². The number of carbonyl (C=O) groups excluding carboxylic acids is 1. The van der Waals surface area contributed by atoms with Crippen molar-refractivity contribution in [1.29, 1.82) is 0 Å². The first kappa shape index (κ1) is 19.5. The molecule has 0 saturated heterocycles. The van der Waals surface area contributed by atoms with E-state index in [1.54, 1.807) is 30.3 Å². The number of carbonyl (C=O) groups is 1. The van der Waals surface area contributed by atoms with Crippen molar-refractivity contribution in [2.24, 2.45) is 0 Å². The maximum absolute atomic E-state index is 13.1. The molecule has 0 aliphatic heterocycles. The molecule has 5 rings (SSSR count). The zero-order chi connectivity index (χ0) is 20.8. The molecule has 0 amide bonds. The molecular formula is C25H17ClINO2. The van der Waals surface area contributed by atoms with Crippen LogP contribution in [0.3, 0.4) is 0 Å². The first-order chi connectivity index (χ1) is 14.5. The summed E-state index contributed by atoms with van der Waals surface area (Å²) in [4.78, 5) is 26.0. The summed E-state index contributed by atoms with van der Waals surface area (Å²) in [5, 5.41) is 1.52. The number of benzene rings is 3. The molecule has 30 heavy (non-hydrogen) atoms. The zero-order valence-electron chi connectivity index (χ0n) is 15.9. The molecule has 3 aromatic carbocycles. The fourth-order valence-electron chi connectivity index (χ4n) is 3.86. The number of hydrogen-bond donors (Lipinski definition) is 0. The van der Waals surface area contributed by atoms with Gasteiger partial charge in [0.1, 0.15) is 0 Å². The van der Waals surface area contributed by atoms with E-state index in [2.05, 4.69) is 28.7 Å². The first-order valence-corrected chi connectivity index (χ1v) is 11.2. The van der Waals surface area contributed by atoms with Crippen LogP contribution in [0, 0.1) is 3.57 Å². The van der Waals surface area contributed by atoms with Gasteiger partial charge in [-0.2, -0.15) is 0 Å². The Hall–Kier alpha value is -2.44. The zero-order valence-corrected chi connectivity index (χ0v) is 18.9. The summed E-state index contributed by atoms with van der Waals surface area (Å²) < 4.78 is 2.97. The third-order valence-electron chi connectivity index (χ3n) is 5.47. The smallest absolute Gasteiger partial charge is 0.251 e. The predicted octanol–water partition coefficient (Wildman–Crippen LogP) is 6.49. The van der Waals surface area contributed by atoms with E-state index in [1.807, 2.05) is 41.0 Å². The molecule has 1 aromatic heterocycles. The van der Waals surface area contributed by atoms with Gasteiger partial charge in [-0.3, -0.25) is 9.59 Å². The van der Waals surface area contributed by atoms with Gasteiger partial charge >= 0.3 is 0 Å². The summed E-state index contributed by atoms with van der Waals surface area (Å²) in [5.41, 5.74) is 3.91. The Kier molecular flexibility index (Phi) is 4.99. The molecule has 0 bridgehead atoms. The predicted molar refractivity (Wildman–Crippen MR) is 130 cm³/mol. The summed E-state index contributed by atoms with van der Waals surface area (Å²) >= 11 is 8.24. The van der Waals surface area contributed by atoms with Crippen LogP contribution < -0.4 is 5.56 Å². The van der Waals surface area contributed by atoms with Crippen molar-refractivity contribution < 1.29 is 4.79 Å². The number of aromatic nitrogens is 1. The fraction of sp³-hybridized carbons (Fsp3) is 0.120. The Morgan fingerprint density at radius 2 is 1.67 bits per heavy atom. The van der Waals surface area contributed by atoms with Crippen LogP contribution in [0.15, 0.2) is 77.6 Å². The largest absolute Gasteiger partial charge is 0.305 e. The van der Waals surface area contributed by atoms with Crippen molar-refractivity contribution in [1.82, 2.24) is 4.57 Å². The van der Waals surface area contributed by atoms with Crippen LogP contribution in [0.25, 0.3) is 22.0 Å². The monoisotopic (exact) mass is 525 g/mol. The van der Waals surface area contributed by atoms with Crippen LogP contribution in [0.5, 0.6) is 0 Å². The number of ketones is 1. The quantitative estimate of drug-likeness (QED) is 0.226. The summed E-state index contributed by atoms with van der Waals surface area (Å²) in [7, 11) is 0. The topological polar surface area (TPSA) is 39.1 Å². The molecule has 148 valence electrons. The van der Waals surface area contributed by atoms with E-state index in [0.29, 0.717) is 16.1 Å². The average Bonchev–Trinajstić information content (AvgIpc) is 3.58. The standard InChI is InChI=1S/C25H17ClINO2/c26-18-7-4-15(5-8-18)25(30)17-6-11-23-22(13-17)21(16-2-1-3-19(27)12-16)14-24(29)28(23)20-9-10-20/h1-8,11-14,20H,9-10H2. The van der Waals surface area contributed by atoms with Crippen LogP contribution in [-0.2, 0) is 0 Å². The first-order valence-electron chi connectivity index (χ1n) is 9.77. The van der Waals surface area contributed by atoms with Gasteiger partial charge in [-0.1, -0.05) is 23.7 Å². The molecule has 0 atom stereocenters. The van der Waals surface area contributed by atoms with Crippen molar-refractivity contribution in [3.63, 3.8) is 0 Å². The maximum atomic E-state index is 13.1. The molecule has 3 nitrogen and oxygen atoms in total. The Morgan fingerprint density at radius 3 is 2.37 bits per heavy atom. The molecule has 0 unspecified atom stereocenters. The maximum Gasteiger partial charge on any atom is 0.251 e. The van der Waals surface area contributed by atoms with E-state index in [9.17, 15) is 9.59 Å². The second kappa shape index (κ2) is 7.67. The van der Waals surface area contributed by atoms with Crippen LogP contribution in [0.2, 0.25) is 5.02 Å². The van der Waals surface area contributed by atoms with Crippen molar-refractivity contribution in [3.05, 3.63) is 103 Å². The summed E-state index contributed by atoms with van der Waals surface area (Å²) in [6, 6.07) is 22.6. The van der Waals surface area contributed by atoms with Gasteiger partial charge in [0.15, 0.2) is 5.78 Å². The highest BCUT2D eigenvalue weighted by Gasteiger charge is 2.27. The van der Waals surface area contributed by atoms with Crippen LogP contribution >= 0.6 is 34.2 Å². The van der Waals surface area contributed by atoms with Gasteiger partial charge in [0, 0.05) is 37.2 Å². The fourth-order valence-corrected chi connectivity index (χ4v) is 4.53. The summed E-state index contributed by atoms with van der Waals surface area (Å²) in [6.07, 6.45) is 2.03.